The number of hydrogen-bond acceptors (Lipinski definition) is 2. The van der Waals surface area contributed by atoms with Crippen LogP contribution in [-0.2, 0) is 17.8 Å². The molecule has 0 fully saturated rings. The normalized spacial score (nSPS) is 16.0. The fraction of sp³-hybridized carbons (Fsp3) is 0.300. The van der Waals surface area contributed by atoms with E-state index in [1.807, 2.05) is 44.2 Å². The van der Waals surface area contributed by atoms with Gasteiger partial charge in [-0.25, -0.2) is 4.79 Å². The Morgan fingerprint density at radius 2 is 1.80 bits per heavy atom. The van der Waals surface area contributed by atoms with Gasteiger partial charge in [-0.15, -0.1) is 0 Å². The summed E-state index contributed by atoms with van der Waals surface area (Å²) in [6, 6.07) is 13.6. The Morgan fingerprint density at radius 1 is 1.04 bits per heavy atom. The molecular formula is C20H24N3O2+. The topological polar surface area (TPSA) is 62.6 Å². The summed E-state index contributed by atoms with van der Waals surface area (Å²) in [4.78, 5) is 25.4. The molecule has 1 atom stereocenters. The molecule has 1 aliphatic rings. The lowest BCUT2D eigenvalue weighted by Crippen LogP contribution is -3.13. The molecule has 5 nitrogen and oxygen atoms in total. The zero-order valence-electron chi connectivity index (χ0n) is 14.7. The Morgan fingerprint density at radius 3 is 2.60 bits per heavy atom. The summed E-state index contributed by atoms with van der Waals surface area (Å²) in [5, 5.41) is 5.19. The minimum Gasteiger partial charge on any atom is -0.323 e. The number of carbonyl (C=O) groups is 2. The Bertz CT molecular complexity index is 801. The predicted octanol–water partition coefficient (Wildman–Crippen LogP) is 1.59. The van der Waals surface area contributed by atoms with Crippen LogP contribution in [0.3, 0.4) is 0 Å². The number of anilines is 1. The molecule has 3 N–H and O–H groups in total. The van der Waals surface area contributed by atoms with Crippen molar-refractivity contribution in [2.24, 2.45) is 0 Å². The van der Waals surface area contributed by atoms with Gasteiger partial charge in [0.05, 0.1) is 6.54 Å². The van der Waals surface area contributed by atoms with Crippen molar-refractivity contribution in [3.05, 3.63) is 64.7 Å². The molecule has 0 radical (unpaired) electrons. The van der Waals surface area contributed by atoms with E-state index >= 15 is 0 Å². The van der Waals surface area contributed by atoms with Gasteiger partial charge in [-0.1, -0.05) is 36.4 Å². The van der Waals surface area contributed by atoms with Gasteiger partial charge >= 0.3 is 6.03 Å². The first-order valence-electron chi connectivity index (χ1n) is 8.60. The van der Waals surface area contributed by atoms with Crippen LogP contribution < -0.4 is 15.5 Å². The zero-order chi connectivity index (χ0) is 17.8. The van der Waals surface area contributed by atoms with Crippen LogP contribution in [0.4, 0.5) is 10.5 Å². The first kappa shape index (κ1) is 17.2. The summed E-state index contributed by atoms with van der Waals surface area (Å²) >= 11 is 0. The van der Waals surface area contributed by atoms with Gasteiger partial charge in [0, 0.05) is 17.7 Å². The third-order valence-corrected chi connectivity index (χ3v) is 4.82. The third-order valence-electron chi connectivity index (χ3n) is 4.82. The Balaban J connectivity index is 1.53. The van der Waals surface area contributed by atoms with Crippen molar-refractivity contribution in [1.29, 1.82) is 0 Å². The average molecular weight is 338 g/mol. The molecule has 25 heavy (non-hydrogen) atoms. The van der Waals surface area contributed by atoms with Crippen molar-refractivity contribution in [1.82, 2.24) is 5.32 Å². The molecule has 5 heteroatoms. The van der Waals surface area contributed by atoms with Crippen molar-refractivity contribution in [2.75, 3.05) is 18.4 Å². The molecular weight excluding hydrogens is 314 g/mol. The van der Waals surface area contributed by atoms with E-state index in [0.29, 0.717) is 6.54 Å². The fourth-order valence-electron chi connectivity index (χ4n) is 3.23. The lowest BCUT2D eigenvalue weighted by molar-refractivity contribution is -0.908. The van der Waals surface area contributed by atoms with E-state index in [9.17, 15) is 9.59 Å². The van der Waals surface area contributed by atoms with Crippen LogP contribution >= 0.6 is 0 Å². The van der Waals surface area contributed by atoms with Crippen LogP contribution in [0.15, 0.2) is 42.5 Å². The van der Waals surface area contributed by atoms with Gasteiger partial charge < -0.3 is 10.2 Å². The second kappa shape index (κ2) is 7.49. The molecule has 1 aliphatic heterocycles. The van der Waals surface area contributed by atoms with Gasteiger partial charge in [-0.3, -0.25) is 10.1 Å². The zero-order valence-corrected chi connectivity index (χ0v) is 14.7. The predicted molar refractivity (Wildman–Crippen MR) is 97.6 cm³/mol. The lowest BCUT2D eigenvalue weighted by Gasteiger charge is -2.25. The minimum atomic E-state index is -0.476. The minimum absolute atomic E-state index is 0.253. The highest BCUT2D eigenvalue weighted by atomic mass is 16.2. The summed E-state index contributed by atoms with van der Waals surface area (Å²) in [5.41, 5.74) is 5.48. The van der Waals surface area contributed by atoms with E-state index in [4.69, 9.17) is 0 Å². The maximum atomic E-state index is 12.2. The highest BCUT2D eigenvalue weighted by Crippen LogP contribution is 2.17. The largest absolute Gasteiger partial charge is 0.326 e. The SMILES string of the molecule is Cc1cccc(NC(=O)NC(=O)C[NH+]2CCc3ccccc3C2)c1C. The van der Waals surface area contributed by atoms with E-state index < -0.39 is 6.03 Å². The monoisotopic (exact) mass is 338 g/mol. The fourth-order valence-corrected chi connectivity index (χ4v) is 3.23. The van der Waals surface area contributed by atoms with Crippen LogP contribution in [0, 0.1) is 13.8 Å². The van der Waals surface area contributed by atoms with Crippen LogP contribution in [0.2, 0.25) is 0 Å². The number of fused-ring (bicyclic) bond motifs is 1. The molecule has 0 aliphatic carbocycles. The van der Waals surface area contributed by atoms with Crippen molar-refractivity contribution < 1.29 is 14.5 Å². The number of benzene rings is 2. The van der Waals surface area contributed by atoms with Gasteiger partial charge in [0.1, 0.15) is 6.54 Å². The second-order valence-corrected chi connectivity index (χ2v) is 6.62. The van der Waals surface area contributed by atoms with Gasteiger partial charge in [0.25, 0.3) is 5.91 Å². The molecule has 0 saturated carbocycles. The van der Waals surface area contributed by atoms with E-state index in [2.05, 4.69) is 22.8 Å². The van der Waals surface area contributed by atoms with Crippen LogP contribution in [0.5, 0.6) is 0 Å². The average Bonchev–Trinajstić information content (AvgIpc) is 2.58. The van der Waals surface area contributed by atoms with Gasteiger partial charge in [0.15, 0.2) is 6.54 Å². The van der Waals surface area contributed by atoms with E-state index in [1.54, 1.807) is 0 Å². The van der Waals surface area contributed by atoms with E-state index in [1.165, 1.54) is 16.0 Å². The number of carbonyl (C=O) groups excluding carboxylic acids is 2. The number of nitrogens with one attached hydrogen (secondary N) is 3. The second-order valence-electron chi connectivity index (χ2n) is 6.62. The van der Waals surface area contributed by atoms with Crippen molar-refractivity contribution in [3.63, 3.8) is 0 Å². The summed E-state index contributed by atoms with van der Waals surface area (Å²) < 4.78 is 0. The third kappa shape index (κ3) is 4.25. The summed E-state index contributed by atoms with van der Waals surface area (Å²) in [7, 11) is 0. The Kier molecular flexibility index (Phi) is 5.14. The first-order valence-corrected chi connectivity index (χ1v) is 8.60. The summed E-state index contributed by atoms with van der Waals surface area (Å²) in [5.74, 6) is -0.253. The van der Waals surface area contributed by atoms with Gasteiger partial charge in [0.2, 0.25) is 0 Å². The molecule has 0 aromatic heterocycles. The Hall–Kier alpha value is -2.66. The van der Waals surface area contributed by atoms with Crippen molar-refractivity contribution in [2.45, 2.75) is 26.8 Å². The number of hydrogen-bond donors (Lipinski definition) is 3. The number of imide groups is 1. The lowest BCUT2D eigenvalue weighted by atomic mass is 10.00. The van der Waals surface area contributed by atoms with Gasteiger partial charge in [-0.05, 0) is 36.6 Å². The van der Waals surface area contributed by atoms with Gasteiger partial charge in [-0.2, -0.15) is 0 Å². The number of rotatable bonds is 3. The first-order chi connectivity index (χ1) is 12.0. The highest BCUT2D eigenvalue weighted by molar-refractivity contribution is 6.01. The van der Waals surface area contributed by atoms with Crippen LogP contribution in [0.1, 0.15) is 22.3 Å². The van der Waals surface area contributed by atoms with Crippen molar-refractivity contribution >= 4 is 17.6 Å². The highest BCUT2D eigenvalue weighted by Gasteiger charge is 2.22. The molecule has 2 aromatic rings. The molecule has 2 aromatic carbocycles. The van der Waals surface area contributed by atoms with E-state index in [-0.39, 0.29) is 5.91 Å². The molecule has 130 valence electrons. The molecule has 3 rings (SSSR count). The molecule has 1 unspecified atom stereocenters. The molecule has 0 spiro atoms. The quantitative estimate of drug-likeness (QED) is 0.796. The summed E-state index contributed by atoms with van der Waals surface area (Å²) in [6.45, 7) is 5.96. The molecule has 3 amide bonds. The number of aryl methyl sites for hydroxylation is 1. The molecule has 1 heterocycles. The molecule has 0 bridgehead atoms. The number of urea groups is 1. The number of amides is 3. The summed E-state index contributed by atoms with van der Waals surface area (Å²) in [6.07, 6.45) is 0.966. The standard InChI is InChI=1S/C20H23N3O2/c1-14-6-5-9-18(15(14)2)21-20(25)22-19(24)13-23-11-10-16-7-3-4-8-17(16)12-23/h3-9H,10-13H2,1-2H3,(H2,21,22,24,25)/p+1. The Labute approximate surface area is 148 Å². The van der Waals surface area contributed by atoms with Crippen molar-refractivity contribution in [3.8, 4) is 0 Å². The molecule has 0 saturated heterocycles. The number of quaternary nitrogens is 1. The van der Waals surface area contributed by atoms with E-state index in [0.717, 1.165) is 36.3 Å². The van der Waals surface area contributed by atoms with Crippen LogP contribution in [0.25, 0.3) is 0 Å². The van der Waals surface area contributed by atoms with Crippen LogP contribution in [-0.4, -0.2) is 25.0 Å². The maximum absolute atomic E-state index is 12.2. The maximum Gasteiger partial charge on any atom is 0.326 e. The smallest absolute Gasteiger partial charge is 0.323 e.